The maximum absolute atomic E-state index is 12.3. The van der Waals surface area contributed by atoms with Gasteiger partial charge in [0.15, 0.2) is 6.61 Å². The van der Waals surface area contributed by atoms with Gasteiger partial charge in [0.25, 0.3) is 5.91 Å². The van der Waals surface area contributed by atoms with Gasteiger partial charge in [0.1, 0.15) is 10.6 Å². The number of sulfonamides is 1. The molecular weight excluding hydrogens is 336 g/mol. The second-order valence-electron chi connectivity index (χ2n) is 4.71. The molecule has 1 rings (SSSR count). The molecular formula is C15H18N2O6S. The van der Waals surface area contributed by atoms with Gasteiger partial charge < -0.3 is 14.8 Å². The zero-order valence-electron chi connectivity index (χ0n) is 13.5. The van der Waals surface area contributed by atoms with Crippen LogP contribution in [-0.4, -0.2) is 59.0 Å². The number of hydrogen-bond donors (Lipinski definition) is 1. The third-order valence-corrected chi connectivity index (χ3v) is 4.72. The Kier molecular flexibility index (Phi) is 6.76. The molecule has 0 fully saturated rings. The van der Waals surface area contributed by atoms with E-state index in [4.69, 9.17) is 15.9 Å². The van der Waals surface area contributed by atoms with Gasteiger partial charge in [0, 0.05) is 14.1 Å². The number of carbonyl (C=O) groups is 2. The highest BCUT2D eigenvalue weighted by Gasteiger charge is 2.24. The number of amides is 1. The molecule has 0 saturated carbocycles. The molecule has 130 valence electrons. The summed E-state index contributed by atoms with van der Waals surface area (Å²) >= 11 is 0. The number of benzene rings is 1. The van der Waals surface area contributed by atoms with E-state index in [1.54, 1.807) is 0 Å². The molecule has 0 spiro atoms. The molecule has 0 unspecified atom stereocenters. The average Bonchev–Trinajstić information content (AvgIpc) is 2.56. The lowest BCUT2D eigenvalue weighted by Crippen LogP contribution is -2.29. The molecule has 0 aromatic heterocycles. The van der Waals surface area contributed by atoms with Crippen LogP contribution in [-0.2, 0) is 19.6 Å². The fourth-order valence-electron chi connectivity index (χ4n) is 1.62. The van der Waals surface area contributed by atoms with Crippen molar-refractivity contribution in [2.24, 2.45) is 0 Å². The van der Waals surface area contributed by atoms with Crippen molar-refractivity contribution in [2.75, 3.05) is 34.4 Å². The predicted molar refractivity (Wildman–Crippen MR) is 86.0 cm³/mol. The molecule has 0 atom stereocenters. The van der Waals surface area contributed by atoms with Crippen LogP contribution in [0.1, 0.15) is 10.4 Å². The van der Waals surface area contributed by atoms with Crippen molar-refractivity contribution in [1.29, 1.82) is 0 Å². The lowest BCUT2D eigenvalue weighted by atomic mass is 10.2. The van der Waals surface area contributed by atoms with Gasteiger partial charge in [-0.2, -0.15) is 0 Å². The van der Waals surface area contributed by atoms with Gasteiger partial charge in [-0.25, -0.2) is 17.5 Å². The number of nitrogens with one attached hydrogen (secondary N) is 1. The van der Waals surface area contributed by atoms with E-state index < -0.39 is 28.5 Å². The van der Waals surface area contributed by atoms with Gasteiger partial charge >= 0.3 is 5.97 Å². The maximum Gasteiger partial charge on any atom is 0.338 e. The number of methoxy groups -OCH3 is 1. The van der Waals surface area contributed by atoms with Crippen molar-refractivity contribution in [3.05, 3.63) is 23.8 Å². The minimum atomic E-state index is -3.82. The Morgan fingerprint density at radius 1 is 1.33 bits per heavy atom. The van der Waals surface area contributed by atoms with Crippen LogP contribution in [0.3, 0.4) is 0 Å². The van der Waals surface area contributed by atoms with Crippen molar-refractivity contribution < 1.29 is 27.5 Å². The van der Waals surface area contributed by atoms with Gasteiger partial charge in [0.05, 0.1) is 19.2 Å². The van der Waals surface area contributed by atoms with E-state index in [2.05, 4.69) is 11.2 Å². The summed E-state index contributed by atoms with van der Waals surface area (Å²) in [5.41, 5.74) is -0.0269. The molecule has 9 heteroatoms. The third-order valence-electron chi connectivity index (χ3n) is 2.88. The topological polar surface area (TPSA) is 102 Å². The second-order valence-corrected chi connectivity index (χ2v) is 6.83. The lowest BCUT2D eigenvalue weighted by molar-refractivity contribution is -0.123. The van der Waals surface area contributed by atoms with E-state index in [0.717, 1.165) is 10.4 Å². The first-order valence-electron chi connectivity index (χ1n) is 6.72. The molecule has 1 N–H and O–H groups in total. The summed E-state index contributed by atoms with van der Waals surface area (Å²) in [6.45, 7) is -0.507. The van der Waals surface area contributed by atoms with E-state index in [1.807, 2.05) is 0 Å². The van der Waals surface area contributed by atoms with Crippen molar-refractivity contribution in [3.8, 4) is 18.1 Å². The minimum Gasteiger partial charge on any atom is -0.495 e. The van der Waals surface area contributed by atoms with E-state index in [0.29, 0.717) is 0 Å². The molecule has 1 aromatic carbocycles. The monoisotopic (exact) mass is 354 g/mol. The highest BCUT2D eigenvalue weighted by Crippen LogP contribution is 2.27. The van der Waals surface area contributed by atoms with E-state index in [9.17, 15) is 18.0 Å². The molecule has 0 heterocycles. The van der Waals surface area contributed by atoms with Crippen LogP contribution in [0.25, 0.3) is 0 Å². The summed E-state index contributed by atoms with van der Waals surface area (Å²) in [5.74, 6) is 0.894. The molecule has 0 aliphatic carbocycles. The van der Waals surface area contributed by atoms with Gasteiger partial charge in [-0.05, 0) is 18.2 Å². The van der Waals surface area contributed by atoms with Crippen LogP contribution in [0.2, 0.25) is 0 Å². The molecule has 24 heavy (non-hydrogen) atoms. The Labute approximate surface area is 140 Å². The number of hydrogen-bond acceptors (Lipinski definition) is 6. The summed E-state index contributed by atoms with van der Waals surface area (Å²) in [4.78, 5) is 23.1. The van der Waals surface area contributed by atoms with Crippen molar-refractivity contribution in [2.45, 2.75) is 4.90 Å². The standard InChI is InChI=1S/C15H18N2O6S/c1-5-8-16-14(18)10-23-15(19)11-6-7-12(22-4)13(9-11)24(20,21)17(2)3/h1,6-7,9H,8,10H2,2-4H3,(H,16,18). The summed E-state index contributed by atoms with van der Waals surface area (Å²) < 4.78 is 35.4. The molecule has 1 amide bonds. The van der Waals surface area contributed by atoms with Crippen LogP contribution >= 0.6 is 0 Å². The SMILES string of the molecule is C#CCNC(=O)COC(=O)c1ccc(OC)c(S(=O)(=O)N(C)C)c1. The van der Waals surface area contributed by atoms with Gasteiger partial charge in [-0.3, -0.25) is 4.79 Å². The number of terminal acetylenes is 1. The van der Waals surface area contributed by atoms with E-state index in [1.165, 1.54) is 33.3 Å². The van der Waals surface area contributed by atoms with Crippen molar-refractivity contribution in [3.63, 3.8) is 0 Å². The highest BCUT2D eigenvalue weighted by atomic mass is 32.2. The van der Waals surface area contributed by atoms with Crippen LogP contribution in [0.4, 0.5) is 0 Å². The third kappa shape index (κ3) is 4.71. The van der Waals surface area contributed by atoms with Crippen LogP contribution in [0.5, 0.6) is 5.75 Å². The fraction of sp³-hybridized carbons (Fsp3) is 0.333. The highest BCUT2D eigenvalue weighted by molar-refractivity contribution is 7.89. The molecule has 0 saturated heterocycles. The minimum absolute atomic E-state index is 0.0180. The smallest absolute Gasteiger partial charge is 0.338 e. The summed E-state index contributed by atoms with van der Waals surface area (Å²) in [6, 6.07) is 3.82. The zero-order chi connectivity index (χ0) is 18.3. The van der Waals surface area contributed by atoms with Crippen molar-refractivity contribution >= 4 is 21.9 Å². The van der Waals surface area contributed by atoms with Crippen LogP contribution in [0.15, 0.2) is 23.1 Å². The lowest BCUT2D eigenvalue weighted by Gasteiger charge is -2.15. The zero-order valence-corrected chi connectivity index (χ0v) is 14.3. The molecule has 8 nitrogen and oxygen atoms in total. The quantitative estimate of drug-likeness (QED) is 0.540. The summed E-state index contributed by atoms with van der Waals surface area (Å²) in [5, 5.41) is 2.33. The largest absolute Gasteiger partial charge is 0.495 e. The Balaban J connectivity index is 3.00. The van der Waals surface area contributed by atoms with Crippen LogP contribution < -0.4 is 10.1 Å². The molecule has 0 aliphatic heterocycles. The number of ether oxygens (including phenoxy) is 2. The predicted octanol–water partition coefficient (Wildman–Crippen LogP) is -0.148. The molecule has 0 bridgehead atoms. The Morgan fingerprint density at radius 3 is 2.54 bits per heavy atom. The normalized spacial score (nSPS) is 10.8. The van der Waals surface area contributed by atoms with Crippen molar-refractivity contribution in [1.82, 2.24) is 9.62 Å². The van der Waals surface area contributed by atoms with E-state index in [-0.39, 0.29) is 22.8 Å². The first kappa shape index (κ1) is 19.5. The number of esters is 1. The summed E-state index contributed by atoms with van der Waals surface area (Å²) in [7, 11) is 0.211. The first-order chi connectivity index (χ1) is 11.2. The number of rotatable bonds is 7. The first-order valence-corrected chi connectivity index (χ1v) is 8.16. The Morgan fingerprint density at radius 2 is 2.00 bits per heavy atom. The number of carbonyl (C=O) groups excluding carboxylic acids is 2. The fourth-order valence-corrected chi connectivity index (χ4v) is 2.69. The Bertz CT molecular complexity index is 765. The molecule has 1 aromatic rings. The Hall–Kier alpha value is -2.57. The molecule has 0 aliphatic rings. The summed E-state index contributed by atoms with van der Waals surface area (Å²) in [6.07, 6.45) is 4.99. The van der Waals surface area contributed by atoms with Gasteiger partial charge in [0.2, 0.25) is 10.0 Å². The van der Waals surface area contributed by atoms with Gasteiger partial charge in [-0.15, -0.1) is 6.42 Å². The maximum atomic E-state index is 12.3. The van der Waals surface area contributed by atoms with Gasteiger partial charge in [-0.1, -0.05) is 5.92 Å². The number of nitrogens with zero attached hydrogens (tertiary/aromatic N) is 1. The van der Waals surface area contributed by atoms with E-state index >= 15 is 0 Å². The second kappa shape index (κ2) is 8.33. The molecule has 0 radical (unpaired) electrons. The average molecular weight is 354 g/mol. The van der Waals surface area contributed by atoms with Crippen LogP contribution in [0, 0.1) is 12.3 Å².